The van der Waals surface area contributed by atoms with Gasteiger partial charge in [0.25, 0.3) is 0 Å². The van der Waals surface area contributed by atoms with E-state index in [0.29, 0.717) is 25.5 Å². The van der Waals surface area contributed by atoms with E-state index in [4.69, 9.17) is 4.74 Å². The number of aromatic amines is 1. The van der Waals surface area contributed by atoms with Crippen LogP contribution in [0, 0.1) is 5.92 Å². The Hall–Kier alpha value is -1.41. The molecule has 0 aromatic carbocycles. The Morgan fingerprint density at radius 2 is 2.04 bits per heavy atom. The first-order chi connectivity index (χ1) is 11.0. The number of amides is 1. The molecule has 3 rings (SSSR count). The van der Waals surface area contributed by atoms with Crippen molar-refractivity contribution < 1.29 is 17.9 Å². The van der Waals surface area contributed by atoms with Gasteiger partial charge in [-0.2, -0.15) is 5.10 Å². The smallest absolute Gasteiger partial charge is 0.226 e. The Morgan fingerprint density at radius 3 is 2.74 bits per heavy atom. The van der Waals surface area contributed by atoms with E-state index in [0.717, 1.165) is 32.1 Å². The molecule has 7 nitrogen and oxygen atoms in total. The minimum atomic E-state index is -3.37. The van der Waals surface area contributed by atoms with Gasteiger partial charge in [-0.1, -0.05) is 0 Å². The second kappa shape index (κ2) is 6.60. The van der Waals surface area contributed by atoms with Crippen LogP contribution in [-0.4, -0.2) is 55.4 Å². The highest BCUT2D eigenvalue weighted by atomic mass is 32.2. The van der Waals surface area contributed by atoms with E-state index in [-0.39, 0.29) is 22.8 Å². The van der Waals surface area contributed by atoms with Crippen LogP contribution in [0.3, 0.4) is 0 Å². The molecule has 2 saturated heterocycles. The number of aromatic nitrogens is 2. The number of carbonyl (C=O) groups excluding carboxylic acids is 1. The minimum Gasteiger partial charge on any atom is -0.381 e. The van der Waals surface area contributed by atoms with Gasteiger partial charge in [0.2, 0.25) is 5.91 Å². The molecule has 1 N–H and O–H groups in total. The summed E-state index contributed by atoms with van der Waals surface area (Å²) in [5.41, 5.74) is 0.549. The summed E-state index contributed by atoms with van der Waals surface area (Å²) in [6, 6.07) is -0.230. The summed E-state index contributed by atoms with van der Waals surface area (Å²) >= 11 is 0. The van der Waals surface area contributed by atoms with Gasteiger partial charge in [0, 0.05) is 31.9 Å². The van der Waals surface area contributed by atoms with Gasteiger partial charge in [-0.3, -0.25) is 9.89 Å². The quantitative estimate of drug-likeness (QED) is 0.894. The molecule has 1 aromatic rings. The number of H-pyrrole nitrogens is 1. The molecular formula is C15H23N3O4S. The molecule has 2 aliphatic heterocycles. The zero-order valence-corrected chi connectivity index (χ0v) is 14.1. The SMILES string of the molecule is CS(=O)(=O)c1cn[nH]c1[C@@H]1CCCCN1C(=O)C1CCOCC1. The number of hydrogen-bond acceptors (Lipinski definition) is 5. The lowest BCUT2D eigenvalue weighted by atomic mass is 9.93. The molecule has 0 spiro atoms. The molecule has 1 atom stereocenters. The zero-order chi connectivity index (χ0) is 16.4. The summed E-state index contributed by atoms with van der Waals surface area (Å²) in [5.74, 6) is 0.0982. The van der Waals surface area contributed by atoms with Crippen LogP contribution in [0.2, 0.25) is 0 Å². The summed E-state index contributed by atoms with van der Waals surface area (Å²) in [4.78, 5) is 15.0. The Bertz CT molecular complexity index is 664. The van der Waals surface area contributed by atoms with Crippen LogP contribution in [0.25, 0.3) is 0 Å². The summed E-state index contributed by atoms with van der Waals surface area (Å²) in [6.45, 7) is 1.91. The first-order valence-electron chi connectivity index (χ1n) is 8.10. The number of ether oxygens (including phenoxy) is 1. The van der Waals surface area contributed by atoms with Crippen molar-refractivity contribution in [3.05, 3.63) is 11.9 Å². The van der Waals surface area contributed by atoms with Crippen molar-refractivity contribution in [3.8, 4) is 0 Å². The molecule has 128 valence electrons. The van der Waals surface area contributed by atoms with Crippen LogP contribution >= 0.6 is 0 Å². The molecule has 3 heterocycles. The van der Waals surface area contributed by atoms with Crippen LogP contribution in [0.4, 0.5) is 0 Å². The van der Waals surface area contributed by atoms with Gasteiger partial charge in [0.15, 0.2) is 9.84 Å². The fourth-order valence-electron chi connectivity index (χ4n) is 3.49. The predicted molar refractivity (Wildman–Crippen MR) is 83.5 cm³/mol. The molecule has 23 heavy (non-hydrogen) atoms. The van der Waals surface area contributed by atoms with Gasteiger partial charge in [-0.15, -0.1) is 0 Å². The number of hydrogen-bond donors (Lipinski definition) is 1. The highest BCUT2D eigenvalue weighted by Gasteiger charge is 2.36. The number of carbonyl (C=O) groups is 1. The largest absolute Gasteiger partial charge is 0.381 e. The number of nitrogens with one attached hydrogen (secondary N) is 1. The van der Waals surface area contributed by atoms with E-state index >= 15 is 0 Å². The van der Waals surface area contributed by atoms with Gasteiger partial charge in [-0.25, -0.2) is 8.42 Å². The van der Waals surface area contributed by atoms with Crippen molar-refractivity contribution in [1.29, 1.82) is 0 Å². The molecule has 0 aliphatic carbocycles. The molecule has 1 aromatic heterocycles. The van der Waals surface area contributed by atoms with Crippen molar-refractivity contribution in [1.82, 2.24) is 15.1 Å². The normalized spacial score (nSPS) is 23.9. The number of sulfone groups is 1. The van der Waals surface area contributed by atoms with Gasteiger partial charge >= 0.3 is 0 Å². The summed E-state index contributed by atoms with van der Waals surface area (Å²) in [7, 11) is -3.37. The fourth-order valence-corrected chi connectivity index (χ4v) is 4.32. The first-order valence-corrected chi connectivity index (χ1v) is 9.99. The number of rotatable bonds is 3. The Kier molecular flexibility index (Phi) is 4.72. The molecule has 1 amide bonds. The Labute approximate surface area is 136 Å². The monoisotopic (exact) mass is 341 g/mol. The third-order valence-electron chi connectivity index (χ3n) is 4.72. The van der Waals surface area contributed by atoms with Crippen molar-refractivity contribution in [3.63, 3.8) is 0 Å². The Balaban J connectivity index is 1.87. The van der Waals surface area contributed by atoms with Crippen LogP contribution < -0.4 is 0 Å². The third kappa shape index (κ3) is 3.42. The van der Waals surface area contributed by atoms with Crippen LogP contribution in [-0.2, 0) is 19.4 Å². The first kappa shape index (κ1) is 16.4. The van der Waals surface area contributed by atoms with Crippen LogP contribution in [0.5, 0.6) is 0 Å². The van der Waals surface area contributed by atoms with Gasteiger partial charge in [0.1, 0.15) is 4.90 Å². The topological polar surface area (TPSA) is 92.4 Å². The summed E-state index contributed by atoms with van der Waals surface area (Å²) in [5, 5.41) is 6.73. The molecule has 0 bridgehead atoms. The number of nitrogens with zero attached hydrogens (tertiary/aromatic N) is 2. The van der Waals surface area contributed by atoms with E-state index < -0.39 is 9.84 Å². The summed E-state index contributed by atoms with van der Waals surface area (Å²) in [6.07, 6.45) is 6.69. The van der Waals surface area contributed by atoms with Crippen molar-refractivity contribution in [2.24, 2.45) is 5.92 Å². The van der Waals surface area contributed by atoms with Crippen molar-refractivity contribution >= 4 is 15.7 Å². The lowest BCUT2D eigenvalue weighted by Crippen LogP contribution is -2.43. The van der Waals surface area contributed by atoms with Crippen molar-refractivity contribution in [2.75, 3.05) is 26.0 Å². The average Bonchev–Trinajstić information content (AvgIpc) is 3.05. The molecule has 0 radical (unpaired) electrons. The maximum atomic E-state index is 12.9. The third-order valence-corrected chi connectivity index (χ3v) is 5.85. The molecular weight excluding hydrogens is 318 g/mol. The minimum absolute atomic E-state index is 0.0195. The fraction of sp³-hybridized carbons (Fsp3) is 0.733. The van der Waals surface area contributed by atoms with E-state index in [9.17, 15) is 13.2 Å². The zero-order valence-electron chi connectivity index (χ0n) is 13.3. The lowest BCUT2D eigenvalue weighted by molar-refractivity contribution is -0.142. The van der Waals surface area contributed by atoms with Crippen LogP contribution in [0.1, 0.15) is 43.8 Å². The second-order valence-corrected chi connectivity index (χ2v) is 8.33. The molecule has 8 heteroatoms. The number of piperidine rings is 1. The highest BCUT2D eigenvalue weighted by molar-refractivity contribution is 7.90. The van der Waals surface area contributed by atoms with Gasteiger partial charge in [0.05, 0.1) is 17.9 Å². The van der Waals surface area contributed by atoms with Gasteiger partial charge < -0.3 is 9.64 Å². The maximum Gasteiger partial charge on any atom is 0.226 e. The average molecular weight is 341 g/mol. The predicted octanol–water partition coefficient (Wildman–Crippen LogP) is 1.29. The lowest BCUT2D eigenvalue weighted by Gasteiger charge is -2.38. The van der Waals surface area contributed by atoms with Gasteiger partial charge in [-0.05, 0) is 32.1 Å². The maximum absolute atomic E-state index is 12.9. The molecule has 2 aliphatic rings. The molecule has 0 unspecified atom stereocenters. The Morgan fingerprint density at radius 1 is 1.30 bits per heavy atom. The number of likely N-dealkylation sites (tertiary alicyclic amines) is 1. The highest BCUT2D eigenvalue weighted by Crippen LogP contribution is 2.35. The molecule has 0 saturated carbocycles. The van der Waals surface area contributed by atoms with Crippen LogP contribution in [0.15, 0.2) is 11.1 Å². The second-order valence-electron chi connectivity index (χ2n) is 6.35. The van der Waals surface area contributed by atoms with E-state index in [1.807, 2.05) is 4.90 Å². The van der Waals surface area contributed by atoms with E-state index in [1.165, 1.54) is 12.5 Å². The van der Waals surface area contributed by atoms with E-state index in [1.54, 1.807) is 0 Å². The standard InChI is InChI=1S/C15H23N3O4S/c1-23(20,21)13-10-16-17-14(13)12-4-2-3-7-18(12)15(19)11-5-8-22-9-6-11/h10-12H,2-9H2,1H3,(H,16,17)/t12-/m0/s1. The van der Waals surface area contributed by atoms with Crippen molar-refractivity contribution in [2.45, 2.75) is 43.0 Å². The molecule has 2 fully saturated rings. The summed E-state index contributed by atoms with van der Waals surface area (Å²) < 4.78 is 29.2. The van der Waals surface area contributed by atoms with E-state index in [2.05, 4.69) is 10.2 Å².